The van der Waals surface area contributed by atoms with Gasteiger partial charge in [0.15, 0.2) is 0 Å². The van der Waals surface area contributed by atoms with Crippen molar-refractivity contribution in [2.75, 3.05) is 0 Å². The number of fused-ring (bicyclic) bond motifs is 1. The van der Waals surface area contributed by atoms with E-state index in [0.29, 0.717) is 6.42 Å². The summed E-state index contributed by atoms with van der Waals surface area (Å²) in [7, 11) is 0. The second kappa shape index (κ2) is 4.93. The molecule has 2 N–H and O–H groups in total. The molecule has 1 aromatic rings. The van der Waals surface area contributed by atoms with Crippen LogP contribution in [0.15, 0.2) is 18.3 Å². The van der Waals surface area contributed by atoms with Crippen LogP contribution >= 0.6 is 0 Å². The second-order valence-corrected chi connectivity index (χ2v) is 4.51. The Balaban J connectivity index is 2.24. The normalized spacial score (nSPS) is 23.6. The van der Waals surface area contributed by atoms with E-state index in [0.717, 1.165) is 25.0 Å². The SMILES string of the molecule is CCC(O)C(O)C1CCCc2cccnc21. The fourth-order valence-corrected chi connectivity index (χ4v) is 2.49. The van der Waals surface area contributed by atoms with E-state index in [9.17, 15) is 10.2 Å². The summed E-state index contributed by atoms with van der Waals surface area (Å²) < 4.78 is 0. The van der Waals surface area contributed by atoms with Gasteiger partial charge < -0.3 is 10.2 Å². The van der Waals surface area contributed by atoms with Gasteiger partial charge in [-0.05, 0) is 37.3 Å². The summed E-state index contributed by atoms with van der Waals surface area (Å²) in [4.78, 5) is 4.37. The zero-order valence-electron chi connectivity index (χ0n) is 9.63. The summed E-state index contributed by atoms with van der Waals surface area (Å²) in [6, 6.07) is 4.00. The highest BCUT2D eigenvalue weighted by Gasteiger charge is 2.31. The van der Waals surface area contributed by atoms with Crippen LogP contribution in [0.4, 0.5) is 0 Å². The van der Waals surface area contributed by atoms with Crippen LogP contribution in [0, 0.1) is 0 Å². The third kappa shape index (κ3) is 2.11. The summed E-state index contributed by atoms with van der Waals surface area (Å²) in [6.07, 6.45) is 4.05. The molecule has 3 nitrogen and oxygen atoms in total. The maximum absolute atomic E-state index is 10.1. The maximum Gasteiger partial charge on any atom is 0.0882 e. The van der Waals surface area contributed by atoms with Gasteiger partial charge in [-0.2, -0.15) is 0 Å². The number of aryl methyl sites for hydroxylation is 1. The summed E-state index contributed by atoms with van der Waals surface area (Å²) in [6.45, 7) is 1.88. The van der Waals surface area contributed by atoms with E-state index in [1.165, 1.54) is 5.56 Å². The van der Waals surface area contributed by atoms with Crippen LogP contribution in [-0.2, 0) is 6.42 Å². The lowest BCUT2D eigenvalue weighted by atomic mass is 9.81. The predicted octanol–water partition coefficient (Wildman–Crippen LogP) is 1.63. The summed E-state index contributed by atoms with van der Waals surface area (Å²) in [5, 5.41) is 19.8. The lowest BCUT2D eigenvalue weighted by molar-refractivity contribution is -0.00337. The number of aliphatic hydroxyl groups excluding tert-OH is 2. The largest absolute Gasteiger partial charge is 0.390 e. The number of pyridine rings is 1. The van der Waals surface area contributed by atoms with Crippen molar-refractivity contribution in [2.24, 2.45) is 0 Å². The van der Waals surface area contributed by atoms with Crippen LogP contribution < -0.4 is 0 Å². The van der Waals surface area contributed by atoms with Gasteiger partial charge in [0.05, 0.1) is 12.2 Å². The highest BCUT2D eigenvalue weighted by atomic mass is 16.3. The first-order chi connectivity index (χ1) is 7.74. The Labute approximate surface area is 96.2 Å². The number of aromatic nitrogens is 1. The van der Waals surface area contributed by atoms with Crippen molar-refractivity contribution in [1.82, 2.24) is 4.98 Å². The van der Waals surface area contributed by atoms with E-state index in [1.807, 2.05) is 13.0 Å². The number of aliphatic hydroxyl groups is 2. The standard InChI is InChI=1S/C13H19NO2/c1-2-11(15)13(16)10-7-3-5-9-6-4-8-14-12(9)10/h4,6,8,10-11,13,15-16H,2-3,5,7H2,1H3. The minimum atomic E-state index is -0.682. The van der Waals surface area contributed by atoms with Crippen LogP contribution in [0.25, 0.3) is 0 Å². The Hall–Kier alpha value is -0.930. The average Bonchev–Trinajstić information content (AvgIpc) is 2.36. The molecular weight excluding hydrogens is 202 g/mol. The van der Waals surface area contributed by atoms with Crippen molar-refractivity contribution in [3.05, 3.63) is 29.6 Å². The summed E-state index contributed by atoms with van der Waals surface area (Å²) in [5.74, 6) is -0.0000926. The summed E-state index contributed by atoms with van der Waals surface area (Å²) >= 11 is 0. The molecule has 88 valence electrons. The van der Waals surface area contributed by atoms with E-state index in [1.54, 1.807) is 6.20 Å². The molecule has 3 heteroatoms. The van der Waals surface area contributed by atoms with Crippen molar-refractivity contribution < 1.29 is 10.2 Å². The molecule has 0 spiro atoms. The average molecular weight is 221 g/mol. The van der Waals surface area contributed by atoms with E-state index in [-0.39, 0.29) is 5.92 Å². The molecule has 1 aliphatic carbocycles. The zero-order chi connectivity index (χ0) is 11.5. The first-order valence-corrected chi connectivity index (χ1v) is 6.04. The van der Waals surface area contributed by atoms with Gasteiger partial charge >= 0.3 is 0 Å². The minimum Gasteiger partial charge on any atom is -0.390 e. The molecule has 0 aromatic carbocycles. The van der Waals surface area contributed by atoms with E-state index in [4.69, 9.17) is 0 Å². The highest BCUT2D eigenvalue weighted by molar-refractivity contribution is 5.27. The van der Waals surface area contributed by atoms with Crippen molar-refractivity contribution >= 4 is 0 Å². The Kier molecular flexibility index (Phi) is 3.56. The van der Waals surface area contributed by atoms with Crippen molar-refractivity contribution in [1.29, 1.82) is 0 Å². The molecule has 0 saturated carbocycles. The van der Waals surface area contributed by atoms with Gasteiger partial charge in [-0.25, -0.2) is 0 Å². The lowest BCUT2D eigenvalue weighted by Gasteiger charge is -2.30. The van der Waals surface area contributed by atoms with Crippen LogP contribution in [0.3, 0.4) is 0 Å². The van der Waals surface area contributed by atoms with Crippen molar-refractivity contribution in [3.8, 4) is 0 Å². The van der Waals surface area contributed by atoms with Crippen LogP contribution in [0.1, 0.15) is 43.4 Å². The van der Waals surface area contributed by atoms with Gasteiger partial charge in [-0.1, -0.05) is 13.0 Å². The maximum atomic E-state index is 10.1. The molecule has 0 fully saturated rings. The minimum absolute atomic E-state index is 0.0000926. The molecule has 1 heterocycles. The van der Waals surface area contributed by atoms with Crippen LogP contribution in [-0.4, -0.2) is 27.4 Å². The number of rotatable bonds is 3. The molecule has 16 heavy (non-hydrogen) atoms. The highest BCUT2D eigenvalue weighted by Crippen LogP contribution is 2.33. The number of hydrogen-bond donors (Lipinski definition) is 2. The topological polar surface area (TPSA) is 53.4 Å². The molecule has 1 aliphatic rings. The molecule has 3 atom stereocenters. The predicted molar refractivity (Wildman–Crippen MR) is 62.2 cm³/mol. The monoisotopic (exact) mass is 221 g/mol. The van der Waals surface area contributed by atoms with Gasteiger partial charge in [0, 0.05) is 17.8 Å². The molecule has 0 bridgehead atoms. The van der Waals surface area contributed by atoms with Gasteiger partial charge in [0.1, 0.15) is 0 Å². The molecule has 2 rings (SSSR count). The molecule has 0 saturated heterocycles. The molecule has 0 radical (unpaired) electrons. The van der Waals surface area contributed by atoms with Crippen LogP contribution in [0.5, 0.6) is 0 Å². The van der Waals surface area contributed by atoms with Gasteiger partial charge in [0.2, 0.25) is 0 Å². The number of hydrogen-bond acceptors (Lipinski definition) is 3. The Morgan fingerprint density at radius 2 is 2.31 bits per heavy atom. The molecule has 0 aliphatic heterocycles. The van der Waals surface area contributed by atoms with Crippen LogP contribution in [0.2, 0.25) is 0 Å². The quantitative estimate of drug-likeness (QED) is 0.815. The molecule has 3 unspecified atom stereocenters. The lowest BCUT2D eigenvalue weighted by Crippen LogP contribution is -2.34. The van der Waals surface area contributed by atoms with E-state index in [2.05, 4.69) is 11.1 Å². The number of nitrogens with zero attached hydrogens (tertiary/aromatic N) is 1. The Bertz CT molecular complexity index is 354. The third-order valence-corrected chi connectivity index (χ3v) is 3.46. The third-order valence-electron chi connectivity index (χ3n) is 3.46. The van der Waals surface area contributed by atoms with Gasteiger partial charge in [-0.15, -0.1) is 0 Å². The second-order valence-electron chi connectivity index (χ2n) is 4.51. The smallest absolute Gasteiger partial charge is 0.0882 e. The summed E-state index contributed by atoms with van der Waals surface area (Å²) in [5.41, 5.74) is 2.20. The Morgan fingerprint density at radius 1 is 1.50 bits per heavy atom. The first-order valence-electron chi connectivity index (χ1n) is 6.04. The van der Waals surface area contributed by atoms with Crippen molar-refractivity contribution in [2.45, 2.75) is 50.7 Å². The fraction of sp³-hybridized carbons (Fsp3) is 0.615. The van der Waals surface area contributed by atoms with Crippen molar-refractivity contribution in [3.63, 3.8) is 0 Å². The molecule has 1 aromatic heterocycles. The van der Waals surface area contributed by atoms with Gasteiger partial charge in [-0.3, -0.25) is 4.98 Å². The molecule has 0 amide bonds. The van der Waals surface area contributed by atoms with E-state index < -0.39 is 12.2 Å². The fourth-order valence-electron chi connectivity index (χ4n) is 2.49. The first kappa shape index (κ1) is 11.6. The molecular formula is C13H19NO2. The van der Waals surface area contributed by atoms with E-state index >= 15 is 0 Å². The zero-order valence-corrected chi connectivity index (χ0v) is 9.63. The van der Waals surface area contributed by atoms with Gasteiger partial charge in [0.25, 0.3) is 0 Å². The Morgan fingerprint density at radius 3 is 3.06 bits per heavy atom.